The summed E-state index contributed by atoms with van der Waals surface area (Å²) >= 11 is 0. The Morgan fingerprint density at radius 1 is 1.17 bits per heavy atom. The summed E-state index contributed by atoms with van der Waals surface area (Å²) in [5, 5.41) is 13.0. The molecule has 0 spiro atoms. The molecule has 0 unspecified atom stereocenters. The summed E-state index contributed by atoms with van der Waals surface area (Å²) in [7, 11) is -4.11. The van der Waals surface area contributed by atoms with Gasteiger partial charge in [0, 0.05) is 12.1 Å². The summed E-state index contributed by atoms with van der Waals surface area (Å²) in [6, 6.07) is 7.30. The first kappa shape index (κ1) is 22.1. The lowest BCUT2D eigenvalue weighted by molar-refractivity contribution is -0.384. The number of hydrogen-bond acceptors (Lipinski definition) is 5. The predicted octanol–water partition coefficient (Wildman–Crippen LogP) is 3.41. The number of rotatable bonds is 6. The molecule has 1 amide bonds. The van der Waals surface area contributed by atoms with Crippen LogP contribution >= 0.6 is 0 Å². The smallest absolute Gasteiger partial charge is 0.324 e. The number of non-ortho nitro benzene ring substituents is 1. The van der Waals surface area contributed by atoms with Gasteiger partial charge in [0.1, 0.15) is 6.04 Å². The van der Waals surface area contributed by atoms with Crippen molar-refractivity contribution >= 4 is 33.0 Å². The van der Waals surface area contributed by atoms with E-state index in [0.717, 1.165) is 43.5 Å². The van der Waals surface area contributed by atoms with Crippen LogP contribution in [0.1, 0.15) is 12.5 Å². The highest BCUT2D eigenvalue weighted by molar-refractivity contribution is 7.92. The van der Waals surface area contributed by atoms with E-state index in [1.807, 2.05) is 0 Å². The number of carbonyl (C=O) groups excluding carboxylic acids is 1. The minimum atomic E-state index is -4.73. The molecule has 2 aromatic rings. The van der Waals surface area contributed by atoms with Crippen LogP contribution in [0.3, 0.4) is 0 Å². The standard InChI is InChI=1S/C17H16F3N3O5S/c1-11(16(24)21-15-9-4-3-8-14(15)17(18,19)20)22(29(2,27)28)12-6-5-7-13(10-12)23(25)26/h3-11H,1-2H3,(H,21,24)/t11-/m0/s1. The molecule has 156 valence electrons. The largest absolute Gasteiger partial charge is 0.418 e. The fraction of sp³-hybridized carbons (Fsp3) is 0.235. The highest BCUT2D eigenvalue weighted by Crippen LogP contribution is 2.35. The van der Waals surface area contributed by atoms with E-state index in [-0.39, 0.29) is 5.69 Å². The van der Waals surface area contributed by atoms with Gasteiger partial charge in [-0.1, -0.05) is 18.2 Å². The van der Waals surface area contributed by atoms with Crippen LogP contribution in [0.25, 0.3) is 0 Å². The first-order valence-electron chi connectivity index (χ1n) is 8.03. The zero-order chi connectivity index (χ0) is 22.0. The zero-order valence-corrected chi connectivity index (χ0v) is 16.0. The van der Waals surface area contributed by atoms with Crippen molar-refractivity contribution in [1.29, 1.82) is 0 Å². The van der Waals surface area contributed by atoms with Crippen LogP contribution in [0.2, 0.25) is 0 Å². The van der Waals surface area contributed by atoms with Gasteiger partial charge in [-0.05, 0) is 25.1 Å². The molecule has 8 nitrogen and oxygen atoms in total. The molecule has 0 heterocycles. The first-order chi connectivity index (χ1) is 13.3. The second-order valence-corrected chi connectivity index (χ2v) is 7.90. The molecule has 0 bridgehead atoms. The molecule has 29 heavy (non-hydrogen) atoms. The van der Waals surface area contributed by atoms with E-state index in [0.29, 0.717) is 4.31 Å². The number of benzene rings is 2. The number of nitrogens with one attached hydrogen (secondary N) is 1. The molecule has 0 saturated heterocycles. The van der Waals surface area contributed by atoms with Crippen LogP contribution in [0, 0.1) is 10.1 Å². The Bertz CT molecular complexity index is 1040. The van der Waals surface area contributed by atoms with Crippen molar-refractivity contribution in [3.05, 3.63) is 64.2 Å². The van der Waals surface area contributed by atoms with Gasteiger partial charge in [-0.15, -0.1) is 0 Å². The van der Waals surface area contributed by atoms with Crippen molar-refractivity contribution < 1.29 is 31.3 Å². The van der Waals surface area contributed by atoms with Crippen molar-refractivity contribution in [1.82, 2.24) is 0 Å². The van der Waals surface area contributed by atoms with E-state index >= 15 is 0 Å². The molecule has 1 N–H and O–H groups in total. The van der Waals surface area contributed by atoms with Crippen LogP contribution in [0.4, 0.5) is 30.2 Å². The van der Waals surface area contributed by atoms with Crippen molar-refractivity contribution in [3.8, 4) is 0 Å². The second-order valence-electron chi connectivity index (χ2n) is 6.04. The Labute approximate surface area is 164 Å². The maximum absolute atomic E-state index is 13.1. The van der Waals surface area contributed by atoms with Gasteiger partial charge in [0.15, 0.2) is 0 Å². The monoisotopic (exact) mass is 431 g/mol. The molecular weight excluding hydrogens is 415 g/mol. The van der Waals surface area contributed by atoms with Gasteiger partial charge in [0.2, 0.25) is 15.9 Å². The Kier molecular flexibility index (Phi) is 6.16. The molecule has 0 aliphatic rings. The van der Waals surface area contributed by atoms with Crippen LogP contribution in [-0.2, 0) is 21.0 Å². The number of hydrogen-bond donors (Lipinski definition) is 1. The van der Waals surface area contributed by atoms with Crippen molar-refractivity contribution in [2.45, 2.75) is 19.1 Å². The van der Waals surface area contributed by atoms with Crippen molar-refractivity contribution in [2.75, 3.05) is 15.9 Å². The summed E-state index contributed by atoms with van der Waals surface area (Å²) in [6.45, 7) is 1.16. The number of para-hydroxylation sites is 1. The van der Waals surface area contributed by atoms with E-state index in [1.165, 1.54) is 18.2 Å². The van der Waals surface area contributed by atoms with E-state index in [2.05, 4.69) is 5.32 Å². The summed E-state index contributed by atoms with van der Waals surface area (Å²) < 4.78 is 64.4. The van der Waals surface area contributed by atoms with Gasteiger partial charge in [0.25, 0.3) is 5.69 Å². The molecule has 0 aliphatic heterocycles. The SMILES string of the molecule is C[C@@H](C(=O)Nc1ccccc1C(F)(F)F)N(c1cccc([N+](=O)[O-])c1)S(C)(=O)=O. The van der Waals surface area contributed by atoms with Gasteiger partial charge in [0.05, 0.1) is 28.1 Å². The number of amides is 1. The average molecular weight is 431 g/mol. The zero-order valence-electron chi connectivity index (χ0n) is 15.2. The first-order valence-corrected chi connectivity index (χ1v) is 9.88. The van der Waals surface area contributed by atoms with Gasteiger partial charge >= 0.3 is 6.18 Å². The van der Waals surface area contributed by atoms with E-state index in [4.69, 9.17) is 0 Å². The highest BCUT2D eigenvalue weighted by Gasteiger charge is 2.35. The molecule has 2 aromatic carbocycles. The average Bonchev–Trinajstić information content (AvgIpc) is 2.60. The topological polar surface area (TPSA) is 110 Å². The van der Waals surface area contributed by atoms with E-state index in [9.17, 15) is 36.5 Å². The van der Waals surface area contributed by atoms with Crippen molar-refractivity contribution in [2.24, 2.45) is 0 Å². The lowest BCUT2D eigenvalue weighted by atomic mass is 10.1. The van der Waals surface area contributed by atoms with Crippen LogP contribution < -0.4 is 9.62 Å². The molecule has 12 heteroatoms. The number of anilines is 2. The lowest BCUT2D eigenvalue weighted by Crippen LogP contribution is -2.45. The van der Waals surface area contributed by atoms with Crippen LogP contribution in [0.5, 0.6) is 0 Å². The quantitative estimate of drug-likeness (QED) is 0.557. The molecule has 0 radical (unpaired) electrons. The molecule has 0 saturated carbocycles. The summed E-state index contributed by atoms with van der Waals surface area (Å²) in [5.74, 6) is -1.04. The number of alkyl halides is 3. The number of nitro benzene ring substituents is 1. The minimum Gasteiger partial charge on any atom is -0.324 e. The van der Waals surface area contributed by atoms with Gasteiger partial charge < -0.3 is 5.32 Å². The van der Waals surface area contributed by atoms with Crippen LogP contribution in [0.15, 0.2) is 48.5 Å². The fourth-order valence-corrected chi connectivity index (χ4v) is 3.80. The fourth-order valence-electron chi connectivity index (χ4n) is 2.63. The summed E-state index contributed by atoms with van der Waals surface area (Å²) in [5.41, 5.74) is -2.22. The second kappa shape index (κ2) is 8.07. The maximum Gasteiger partial charge on any atom is 0.418 e. The van der Waals surface area contributed by atoms with Gasteiger partial charge in [-0.3, -0.25) is 19.2 Å². The minimum absolute atomic E-state index is 0.173. The number of halogens is 3. The molecule has 0 aromatic heterocycles. The Morgan fingerprint density at radius 2 is 1.79 bits per heavy atom. The third-order valence-electron chi connectivity index (χ3n) is 3.87. The van der Waals surface area contributed by atoms with E-state index in [1.54, 1.807) is 0 Å². The molecular formula is C17H16F3N3O5S. The Hall–Kier alpha value is -3.15. The molecule has 1 atom stereocenters. The lowest BCUT2D eigenvalue weighted by Gasteiger charge is -2.28. The third-order valence-corrected chi connectivity index (χ3v) is 5.12. The van der Waals surface area contributed by atoms with Gasteiger partial charge in [-0.2, -0.15) is 13.2 Å². The third kappa shape index (κ3) is 5.22. The Balaban J connectivity index is 2.41. The van der Waals surface area contributed by atoms with Gasteiger partial charge in [-0.25, -0.2) is 8.42 Å². The van der Waals surface area contributed by atoms with E-state index < -0.39 is 50.0 Å². The summed E-state index contributed by atoms with van der Waals surface area (Å²) in [6.07, 6.45) is -3.96. The highest BCUT2D eigenvalue weighted by atomic mass is 32.2. The molecule has 2 rings (SSSR count). The van der Waals surface area contributed by atoms with Crippen molar-refractivity contribution in [3.63, 3.8) is 0 Å². The predicted molar refractivity (Wildman–Crippen MR) is 100.0 cm³/mol. The normalized spacial score (nSPS) is 12.9. The number of sulfonamides is 1. The Morgan fingerprint density at radius 3 is 2.34 bits per heavy atom. The number of carbonyl (C=O) groups is 1. The molecule has 0 aliphatic carbocycles. The number of nitrogens with zero attached hydrogens (tertiary/aromatic N) is 2. The number of nitro groups is 1. The maximum atomic E-state index is 13.1. The molecule has 0 fully saturated rings. The van der Waals surface area contributed by atoms with Crippen LogP contribution in [-0.4, -0.2) is 31.5 Å². The summed E-state index contributed by atoms with van der Waals surface area (Å²) in [4.78, 5) is 22.8.